The van der Waals surface area contributed by atoms with Gasteiger partial charge >= 0.3 is 0 Å². The van der Waals surface area contributed by atoms with Gasteiger partial charge in [-0.3, -0.25) is 4.79 Å². The molecule has 3 fully saturated rings. The first-order valence-electron chi connectivity index (χ1n) is 7.78. The van der Waals surface area contributed by atoms with Gasteiger partial charge in [-0.25, -0.2) is 0 Å². The molecule has 3 saturated carbocycles. The molecular formula is C18H19NO2. The summed E-state index contributed by atoms with van der Waals surface area (Å²) in [5, 5.41) is 11.9. The summed E-state index contributed by atoms with van der Waals surface area (Å²) in [6.07, 6.45) is 4.13. The summed E-state index contributed by atoms with van der Waals surface area (Å²) in [6, 6.07) is 7.73. The molecule has 0 saturated heterocycles. The number of fused-ring (bicyclic) bond motifs is 5. The second-order valence-corrected chi connectivity index (χ2v) is 6.53. The van der Waals surface area contributed by atoms with E-state index in [1.807, 2.05) is 18.2 Å². The van der Waals surface area contributed by atoms with Gasteiger partial charge in [-0.05, 0) is 61.1 Å². The van der Waals surface area contributed by atoms with Gasteiger partial charge in [0, 0.05) is 17.2 Å². The summed E-state index contributed by atoms with van der Waals surface area (Å²) in [6.45, 7) is -0.162. The highest BCUT2D eigenvalue weighted by Crippen LogP contribution is 2.65. The van der Waals surface area contributed by atoms with Crippen LogP contribution in [0.1, 0.15) is 35.2 Å². The molecule has 1 aromatic carbocycles. The van der Waals surface area contributed by atoms with E-state index in [9.17, 15) is 4.79 Å². The Morgan fingerprint density at radius 3 is 2.76 bits per heavy atom. The van der Waals surface area contributed by atoms with Gasteiger partial charge in [0.25, 0.3) is 5.91 Å². The van der Waals surface area contributed by atoms with Crippen molar-refractivity contribution in [1.29, 1.82) is 0 Å². The minimum atomic E-state index is -0.162. The normalized spacial score (nSPS) is 34.8. The first kappa shape index (κ1) is 12.9. The largest absolute Gasteiger partial charge is 0.384 e. The lowest BCUT2D eigenvalue weighted by molar-refractivity contribution is 0.0944. The van der Waals surface area contributed by atoms with Crippen molar-refractivity contribution in [3.63, 3.8) is 0 Å². The van der Waals surface area contributed by atoms with Crippen molar-refractivity contribution in [1.82, 2.24) is 5.32 Å². The van der Waals surface area contributed by atoms with Crippen LogP contribution >= 0.6 is 0 Å². The first-order chi connectivity index (χ1) is 10.3. The van der Waals surface area contributed by atoms with Crippen LogP contribution in [0.3, 0.4) is 0 Å². The predicted molar refractivity (Wildman–Crippen MR) is 79.5 cm³/mol. The molecule has 3 heteroatoms. The number of hydrogen-bond donors (Lipinski definition) is 2. The minimum absolute atomic E-state index is 0.0152. The molecule has 3 nitrogen and oxygen atoms in total. The summed E-state index contributed by atoms with van der Waals surface area (Å²) in [5.41, 5.74) is 1.44. The number of amides is 1. The smallest absolute Gasteiger partial charge is 0.251 e. The summed E-state index contributed by atoms with van der Waals surface area (Å²) >= 11 is 0. The van der Waals surface area contributed by atoms with Gasteiger partial charge in [0.05, 0.1) is 0 Å². The molecule has 1 amide bonds. The van der Waals surface area contributed by atoms with E-state index in [0.29, 0.717) is 11.6 Å². The summed E-state index contributed by atoms with van der Waals surface area (Å²) in [7, 11) is 0. The lowest BCUT2D eigenvalue weighted by atomic mass is 10.0. The third kappa shape index (κ3) is 2.15. The van der Waals surface area contributed by atoms with Crippen LogP contribution < -0.4 is 5.32 Å². The van der Waals surface area contributed by atoms with E-state index in [2.05, 4.69) is 17.2 Å². The number of rotatable bonds is 2. The van der Waals surface area contributed by atoms with E-state index in [0.717, 1.165) is 29.2 Å². The van der Waals surface area contributed by atoms with Crippen LogP contribution in [0.25, 0.3) is 0 Å². The fourth-order valence-corrected chi connectivity index (χ4v) is 4.63. The van der Waals surface area contributed by atoms with Crippen LogP contribution in [-0.2, 0) is 0 Å². The SMILES string of the molecule is O=C(NC1C2C3CCC(C3)C12)c1cccc(C#CCO)c1. The molecular weight excluding hydrogens is 262 g/mol. The molecule has 4 atom stereocenters. The lowest BCUT2D eigenvalue weighted by Crippen LogP contribution is -2.29. The topological polar surface area (TPSA) is 49.3 Å². The lowest BCUT2D eigenvalue weighted by Gasteiger charge is -2.10. The predicted octanol–water partition coefficient (Wildman–Crippen LogP) is 1.80. The maximum atomic E-state index is 12.4. The van der Waals surface area contributed by atoms with E-state index in [4.69, 9.17) is 5.11 Å². The van der Waals surface area contributed by atoms with Crippen molar-refractivity contribution in [3.8, 4) is 11.8 Å². The Balaban J connectivity index is 1.44. The Bertz CT molecular complexity index is 626. The standard InChI is InChI=1S/C18H19NO2/c20-8-2-4-11-3-1-5-14(9-11)18(21)19-17-15-12-6-7-13(10-12)16(15)17/h1,3,5,9,12-13,15-17,20H,6-8,10H2,(H,19,21). The number of carbonyl (C=O) groups is 1. The van der Waals surface area contributed by atoms with Crippen molar-refractivity contribution in [3.05, 3.63) is 35.4 Å². The maximum absolute atomic E-state index is 12.4. The van der Waals surface area contributed by atoms with E-state index in [1.165, 1.54) is 19.3 Å². The van der Waals surface area contributed by atoms with E-state index < -0.39 is 0 Å². The van der Waals surface area contributed by atoms with Crippen molar-refractivity contribution in [2.24, 2.45) is 23.7 Å². The Labute approximate surface area is 124 Å². The second kappa shape index (κ2) is 4.89. The van der Waals surface area contributed by atoms with Gasteiger partial charge in [-0.2, -0.15) is 0 Å². The molecule has 0 spiro atoms. The summed E-state index contributed by atoms with van der Waals surface area (Å²) in [5.74, 6) is 8.71. The second-order valence-electron chi connectivity index (χ2n) is 6.53. The van der Waals surface area contributed by atoms with Crippen LogP contribution in [0.5, 0.6) is 0 Å². The van der Waals surface area contributed by atoms with Crippen molar-refractivity contribution >= 4 is 5.91 Å². The van der Waals surface area contributed by atoms with Crippen molar-refractivity contribution in [2.75, 3.05) is 6.61 Å². The Kier molecular flexibility index (Phi) is 3.01. The highest BCUT2D eigenvalue weighted by Gasteiger charge is 2.65. The van der Waals surface area contributed by atoms with Gasteiger partial charge < -0.3 is 10.4 Å². The molecule has 1 aromatic rings. The van der Waals surface area contributed by atoms with Crippen molar-refractivity contribution < 1.29 is 9.90 Å². The molecule has 0 radical (unpaired) electrons. The molecule has 2 bridgehead atoms. The zero-order chi connectivity index (χ0) is 14.4. The molecule has 0 heterocycles. The molecule has 4 unspecified atom stereocenters. The number of aliphatic hydroxyl groups excluding tert-OH is 1. The number of hydrogen-bond acceptors (Lipinski definition) is 2. The molecule has 0 aromatic heterocycles. The Morgan fingerprint density at radius 2 is 2.05 bits per heavy atom. The van der Waals surface area contributed by atoms with Crippen LogP contribution in [0.2, 0.25) is 0 Å². The molecule has 2 N–H and O–H groups in total. The monoisotopic (exact) mass is 281 g/mol. The molecule has 4 rings (SSSR count). The van der Waals surface area contributed by atoms with Crippen LogP contribution in [0.4, 0.5) is 0 Å². The minimum Gasteiger partial charge on any atom is -0.384 e. The molecule has 108 valence electrons. The fraction of sp³-hybridized carbons (Fsp3) is 0.500. The molecule has 0 aliphatic heterocycles. The third-order valence-electron chi connectivity index (χ3n) is 5.47. The van der Waals surface area contributed by atoms with E-state index >= 15 is 0 Å². The fourth-order valence-electron chi connectivity index (χ4n) is 4.63. The summed E-state index contributed by atoms with van der Waals surface area (Å²) < 4.78 is 0. The number of nitrogens with one attached hydrogen (secondary N) is 1. The number of carbonyl (C=O) groups excluding carboxylic acids is 1. The third-order valence-corrected chi connectivity index (χ3v) is 5.47. The zero-order valence-corrected chi connectivity index (χ0v) is 11.9. The molecule has 3 aliphatic carbocycles. The summed E-state index contributed by atoms with van der Waals surface area (Å²) in [4.78, 5) is 12.4. The molecule has 3 aliphatic rings. The number of aliphatic hydroxyl groups is 1. The Hall–Kier alpha value is -1.79. The highest BCUT2D eigenvalue weighted by atomic mass is 16.2. The maximum Gasteiger partial charge on any atom is 0.251 e. The van der Waals surface area contributed by atoms with Crippen LogP contribution in [0, 0.1) is 35.5 Å². The average Bonchev–Trinajstić information content (AvgIpc) is 2.90. The van der Waals surface area contributed by atoms with Crippen LogP contribution in [0.15, 0.2) is 24.3 Å². The van der Waals surface area contributed by atoms with Crippen molar-refractivity contribution in [2.45, 2.75) is 25.3 Å². The highest BCUT2D eigenvalue weighted by molar-refractivity contribution is 5.95. The van der Waals surface area contributed by atoms with Gasteiger partial charge in [0.1, 0.15) is 6.61 Å². The Morgan fingerprint density at radius 1 is 1.29 bits per heavy atom. The van der Waals surface area contributed by atoms with Gasteiger partial charge in [-0.1, -0.05) is 17.9 Å². The number of benzene rings is 1. The average molecular weight is 281 g/mol. The van der Waals surface area contributed by atoms with Gasteiger partial charge in [0.2, 0.25) is 0 Å². The van der Waals surface area contributed by atoms with E-state index in [-0.39, 0.29) is 12.5 Å². The zero-order valence-electron chi connectivity index (χ0n) is 11.9. The van der Waals surface area contributed by atoms with E-state index in [1.54, 1.807) is 6.07 Å². The molecule has 21 heavy (non-hydrogen) atoms. The van der Waals surface area contributed by atoms with Gasteiger partial charge in [-0.15, -0.1) is 0 Å². The quantitative estimate of drug-likeness (QED) is 0.812. The van der Waals surface area contributed by atoms with Crippen LogP contribution in [-0.4, -0.2) is 23.7 Å². The van der Waals surface area contributed by atoms with Gasteiger partial charge in [0.15, 0.2) is 0 Å². The first-order valence-corrected chi connectivity index (χ1v) is 7.78.